The van der Waals surface area contributed by atoms with Gasteiger partial charge in [0.25, 0.3) is 0 Å². The summed E-state index contributed by atoms with van der Waals surface area (Å²) in [7, 11) is 0. The summed E-state index contributed by atoms with van der Waals surface area (Å²) >= 11 is 0. The average molecular weight is 386 g/mol. The van der Waals surface area contributed by atoms with E-state index in [1.165, 1.54) is 0 Å². The minimum atomic E-state index is -0.899. The standard InChI is InChI=1S/C23H18N2O4/c26-16-10-9-15(21(27)24-16)25-22(28)19-17-11-5-1-2-6-12(11)18(20(19)23(25)29)14-8-4-3-7-13(14)17/h1-8,15,17-20H,9-10H2,(H,24,26,27)/t15-,17?,18?,19-,20+/m1/s1. The molecule has 4 amide bonds. The molecule has 2 aliphatic heterocycles. The minimum absolute atomic E-state index is 0.135. The lowest BCUT2D eigenvalue weighted by Crippen LogP contribution is -2.54. The highest BCUT2D eigenvalue weighted by Gasteiger charge is 2.63. The molecule has 6 heteroatoms. The van der Waals surface area contributed by atoms with Crippen LogP contribution >= 0.6 is 0 Å². The monoisotopic (exact) mass is 386 g/mol. The normalized spacial score (nSPS) is 32.0. The van der Waals surface area contributed by atoms with Gasteiger partial charge in [0, 0.05) is 18.3 Å². The molecular weight excluding hydrogens is 368 g/mol. The van der Waals surface area contributed by atoms with Crippen molar-refractivity contribution < 1.29 is 19.2 Å². The van der Waals surface area contributed by atoms with Gasteiger partial charge in [0.05, 0.1) is 11.8 Å². The van der Waals surface area contributed by atoms with Crippen molar-refractivity contribution in [3.05, 3.63) is 70.8 Å². The summed E-state index contributed by atoms with van der Waals surface area (Å²) in [6, 6.07) is 15.2. The summed E-state index contributed by atoms with van der Waals surface area (Å²) in [5, 5.41) is 2.28. The molecule has 0 radical (unpaired) electrons. The summed E-state index contributed by atoms with van der Waals surface area (Å²) < 4.78 is 0. The van der Waals surface area contributed by atoms with Crippen LogP contribution in [0, 0.1) is 11.8 Å². The molecule has 0 aromatic heterocycles. The Balaban J connectivity index is 1.51. The maximum absolute atomic E-state index is 13.5. The van der Waals surface area contributed by atoms with Crippen LogP contribution in [0.25, 0.3) is 0 Å². The topological polar surface area (TPSA) is 83.6 Å². The molecule has 6 nitrogen and oxygen atoms in total. The van der Waals surface area contributed by atoms with Gasteiger partial charge >= 0.3 is 0 Å². The molecule has 3 aliphatic carbocycles. The lowest BCUT2D eigenvalue weighted by molar-refractivity contribution is -0.151. The Hall–Kier alpha value is -3.28. The van der Waals surface area contributed by atoms with E-state index in [1.54, 1.807) is 0 Å². The van der Waals surface area contributed by atoms with E-state index in [0.717, 1.165) is 27.2 Å². The number of piperidine rings is 1. The van der Waals surface area contributed by atoms with Gasteiger partial charge in [-0.3, -0.25) is 29.4 Å². The SMILES string of the molecule is O=C1CC[C@@H](N2C(=O)[C@@H]3C4c5ccccc5C(c5ccccc54)[C@@H]3C2=O)C(=O)N1. The first-order valence-electron chi connectivity index (χ1n) is 9.96. The van der Waals surface area contributed by atoms with Crippen LogP contribution in [0.4, 0.5) is 0 Å². The first-order chi connectivity index (χ1) is 14.1. The predicted octanol–water partition coefficient (Wildman–Crippen LogP) is 1.68. The predicted molar refractivity (Wildman–Crippen MR) is 102 cm³/mol. The number of hydrogen-bond acceptors (Lipinski definition) is 4. The number of amides is 4. The van der Waals surface area contributed by atoms with Crippen LogP contribution < -0.4 is 5.32 Å². The number of imide groups is 2. The molecule has 2 heterocycles. The quantitative estimate of drug-likeness (QED) is 0.756. The van der Waals surface area contributed by atoms with Crippen molar-refractivity contribution in [3.8, 4) is 0 Å². The van der Waals surface area contributed by atoms with Gasteiger partial charge in [-0.25, -0.2) is 0 Å². The van der Waals surface area contributed by atoms with Crippen LogP contribution in [0.5, 0.6) is 0 Å². The smallest absolute Gasteiger partial charge is 0.249 e. The van der Waals surface area contributed by atoms with E-state index in [4.69, 9.17) is 0 Å². The van der Waals surface area contributed by atoms with Crippen molar-refractivity contribution in [2.45, 2.75) is 30.7 Å². The first kappa shape index (κ1) is 16.7. The molecule has 0 spiro atoms. The van der Waals surface area contributed by atoms with Crippen molar-refractivity contribution >= 4 is 23.6 Å². The Labute approximate surface area is 166 Å². The fraction of sp³-hybridized carbons (Fsp3) is 0.304. The van der Waals surface area contributed by atoms with Gasteiger partial charge in [-0.2, -0.15) is 0 Å². The van der Waals surface area contributed by atoms with Crippen molar-refractivity contribution in [1.29, 1.82) is 0 Å². The second-order valence-corrected chi connectivity index (χ2v) is 8.28. The number of likely N-dealkylation sites (tertiary alicyclic amines) is 1. The molecule has 7 rings (SSSR count). The molecule has 2 aromatic carbocycles. The fourth-order valence-corrected chi connectivity index (χ4v) is 5.94. The molecule has 3 atom stereocenters. The average Bonchev–Trinajstić information content (AvgIpc) is 2.99. The number of benzene rings is 2. The molecule has 2 aromatic rings. The molecular formula is C23H18N2O4. The lowest BCUT2D eigenvalue weighted by Gasteiger charge is -2.45. The number of nitrogens with one attached hydrogen (secondary N) is 1. The van der Waals surface area contributed by atoms with Gasteiger partial charge < -0.3 is 0 Å². The molecule has 2 bridgehead atoms. The van der Waals surface area contributed by atoms with Gasteiger partial charge in [0.15, 0.2) is 0 Å². The summed E-state index contributed by atoms with van der Waals surface area (Å²) in [5.41, 5.74) is 4.40. The third-order valence-electron chi connectivity index (χ3n) is 7.00. The first-order valence-corrected chi connectivity index (χ1v) is 9.96. The van der Waals surface area contributed by atoms with Crippen molar-refractivity contribution in [2.75, 3.05) is 0 Å². The third-order valence-corrected chi connectivity index (χ3v) is 7.00. The zero-order valence-corrected chi connectivity index (χ0v) is 15.5. The zero-order valence-electron chi connectivity index (χ0n) is 15.5. The molecule has 1 N–H and O–H groups in total. The summed E-state index contributed by atoms with van der Waals surface area (Å²) in [4.78, 5) is 52.2. The van der Waals surface area contributed by atoms with Crippen LogP contribution in [0.15, 0.2) is 48.5 Å². The lowest BCUT2D eigenvalue weighted by atomic mass is 9.55. The van der Waals surface area contributed by atoms with Gasteiger partial charge in [-0.15, -0.1) is 0 Å². The van der Waals surface area contributed by atoms with Crippen LogP contribution in [0.3, 0.4) is 0 Å². The van der Waals surface area contributed by atoms with Crippen LogP contribution in [0.1, 0.15) is 46.9 Å². The Morgan fingerprint density at radius 2 is 1.17 bits per heavy atom. The van der Waals surface area contributed by atoms with Gasteiger partial charge in [-0.1, -0.05) is 48.5 Å². The second-order valence-electron chi connectivity index (χ2n) is 8.28. The van der Waals surface area contributed by atoms with E-state index >= 15 is 0 Å². The molecule has 2 saturated heterocycles. The van der Waals surface area contributed by atoms with E-state index in [1.807, 2.05) is 48.5 Å². The summed E-state index contributed by atoms with van der Waals surface area (Å²) in [6.07, 6.45) is 0.326. The number of carbonyl (C=O) groups is 4. The molecule has 5 aliphatic rings. The summed E-state index contributed by atoms with van der Waals surface area (Å²) in [5.74, 6) is -2.85. The van der Waals surface area contributed by atoms with Crippen molar-refractivity contribution in [2.24, 2.45) is 11.8 Å². The number of hydrogen-bond donors (Lipinski definition) is 1. The summed E-state index contributed by atoms with van der Waals surface area (Å²) in [6.45, 7) is 0. The van der Waals surface area contributed by atoms with Gasteiger partial charge in [-0.05, 0) is 28.7 Å². The maximum Gasteiger partial charge on any atom is 0.249 e. The van der Waals surface area contributed by atoms with Gasteiger partial charge in [0.2, 0.25) is 23.6 Å². The number of nitrogens with zero attached hydrogens (tertiary/aromatic N) is 1. The Bertz CT molecular complexity index is 1010. The largest absolute Gasteiger partial charge is 0.295 e. The van der Waals surface area contributed by atoms with E-state index in [-0.39, 0.29) is 42.4 Å². The third kappa shape index (κ3) is 2.01. The van der Waals surface area contributed by atoms with E-state index in [9.17, 15) is 19.2 Å². The van der Waals surface area contributed by atoms with Crippen molar-refractivity contribution in [1.82, 2.24) is 10.2 Å². The highest BCUT2D eigenvalue weighted by atomic mass is 16.2. The molecule has 2 fully saturated rings. The van der Waals surface area contributed by atoms with Gasteiger partial charge in [0.1, 0.15) is 6.04 Å². The van der Waals surface area contributed by atoms with E-state index in [2.05, 4.69) is 5.32 Å². The fourth-order valence-electron chi connectivity index (χ4n) is 5.94. The zero-order chi connectivity index (χ0) is 19.9. The Kier molecular flexibility index (Phi) is 3.23. The van der Waals surface area contributed by atoms with E-state index < -0.39 is 23.8 Å². The second kappa shape index (κ2) is 5.63. The maximum atomic E-state index is 13.5. The highest BCUT2D eigenvalue weighted by Crippen LogP contribution is 2.61. The molecule has 0 unspecified atom stereocenters. The molecule has 0 saturated carbocycles. The van der Waals surface area contributed by atoms with Crippen LogP contribution in [-0.2, 0) is 19.2 Å². The Morgan fingerprint density at radius 3 is 1.59 bits per heavy atom. The minimum Gasteiger partial charge on any atom is -0.295 e. The molecule has 144 valence electrons. The Morgan fingerprint density at radius 1 is 0.724 bits per heavy atom. The van der Waals surface area contributed by atoms with Crippen LogP contribution in [0.2, 0.25) is 0 Å². The van der Waals surface area contributed by atoms with E-state index in [0.29, 0.717) is 0 Å². The van der Waals surface area contributed by atoms with Crippen molar-refractivity contribution in [3.63, 3.8) is 0 Å². The number of rotatable bonds is 1. The highest BCUT2D eigenvalue weighted by molar-refractivity contribution is 6.12. The van der Waals surface area contributed by atoms with Crippen LogP contribution in [-0.4, -0.2) is 34.6 Å². The number of carbonyl (C=O) groups excluding carboxylic acids is 4. The molecule has 29 heavy (non-hydrogen) atoms.